The van der Waals surface area contributed by atoms with E-state index in [0.717, 1.165) is 18.9 Å². The van der Waals surface area contributed by atoms with Crippen molar-refractivity contribution in [3.63, 3.8) is 0 Å². The Balaban J connectivity index is 1.80. The molecule has 1 aliphatic heterocycles. The van der Waals surface area contributed by atoms with Gasteiger partial charge in [0.05, 0.1) is 11.7 Å². The van der Waals surface area contributed by atoms with Gasteiger partial charge in [-0.25, -0.2) is 4.98 Å². The topological polar surface area (TPSA) is 54.3 Å². The lowest BCUT2D eigenvalue weighted by molar-refractivity contribution is 0.0634. The van der Waals surface area contributed by atoms with Gasteiger partial charge in [0.25, 0.3) is 5.91 Å². The van der Waals surface area contributed by atoms with Crippen molar-refractivity contribution in [2.45, 2.75) is 45.9 Å². The smallest absolute Gasteiger partial charge is 0.254 e. The molecule has 6 nitrogen and oxygen atoms in total. The molecule has 0 spiro atoms. The van der Waals surface area contributed by atoms with E-state index in [2.05, 4.69) is 40.3 Å². The minimum atomic E-state index is -0.0301. The predicted octanol–water partition coefficient (Wildman–Crippen LogP) is 2.34. The van der Waals surface area contributed by atoms with Crippen molar-refractivity contribution in [1.82, 2.24) is 24.3 Å². The van der Waals surface area contributed by atoms with Gasteiger partial charge in [0.2, 0.25) is 0 Å². The van der Waals surface area contributed by atoms with Crippen LogP contribution in [-0.2, 0) is 13.1 Å². The lowest BCUT2D eigenvalue weighted by Crippen LogP contribution is -2.41. The maximum atomic E-state index is 12.7. The minimum Gasteiger partial charge on any atom is -0.327 e. The lowest BCUT2D eigenvalue weighted by atomic mass is 10.1. The molecule has 128 valence electrons. The van der Waals surface area contributed by atoms with Crippen LogP contribution in [0, 0.1) is 0 Å². The zero-order valence-corrected chi connectivity index (χ0v) is 14.8. The van der Waals surface area contributed by atoms with Crippen LogP contribution in [0.3, 0.4) is 0 Å². The van der Waals surface area contributed by atoms with E-state index < -0.39 is 0 Å². The molecule has 0 radical (unpaired) electrons. The molecule has 0 saturated carbocycles. The van der Waals surface area contributed by atoms with Crippen LogP contribution >= 0.6 is 0 Å². The molecule has 0 aromatic carbocycles. The molecule has 0 bridgehead atoms. The maximum absolute atomic E-state index is 12.7. The maximum Gasteiger partial charge on any atom is 0.254 e. The quantitative estimate of drug-likeness (QED) is 0.865. The monoisotopic (exact) mass is 327 g/mol. The van der Waals surface area contributed by atoms with E-state index in [-0.39, 0.29) is 11.9 Å². The summed E-state index contributed by atoms with van der Waals surface area (Å²) < 4.78 is 2.26. The van der Waals surface area contributed by atoms with Gasteiger partial charge in [-0.05, 0) is 40.0 Å². The van der Waals surface area contributed by atoms with Gasteiger partial charge in [0.1, 0.15) is 5.82 Å². The first-order valence-electron chi connectivity index (χ1n) is 8.44. The van der Waals surface area contributed by atoms with Crippen LogP contribution in [-0.4, -0.2) is 49.9 Å². The third-order valence-electron chi connectivity index (χ3n) is 4.86. The summed E-state index contributed by atoms with van der Waals surface area (Å²) in [5.74, 6) is 1.01. The van der Waals surface area contributed by atoms with Crippen LogP contribution in [0.15, 0.2) is 30.7 Å². The molecule has 0 aliphatic carbocycles. The summed E-state index contributed by atoms with van der Waals surface area (Å²) in [6, 6.07) is 3.98. The third-order valence-corrected chi connectivity index (χ3v) is 4.86. The summed E-state index contributed by atoms with van der Waals surface area (Å²) in [5, 5.41) is 0. The molecule has 24 heavy (non-hydrogen) atoms. The Labute approximate surface area is 143 Å². The summed E-state index contributed by atoms with van der Waals surface area (Å²) in [7, 11) is 2.12. The molecule has 6 heteroatoms. The number of fused-ring (bicyclic) bond motifs is 1. The van der Waals surface area contributed by atoms with E-state index in [1.165, 1.54) is 5.69 Å². The lowest BCUT2D eigenvalue weighted by Gasteiger charge is -2.35. The number of aromatic nitrogens is 3. The van der Waals surface area contributed by atoms with Gasteiger partial charge in [0.15, 0.2) is 0 Å². The Kier molecular flexibility index (Phi) is 4.66. The zero-order valence-electron chi connectivity index (χ0n) is 14.8. The number of rotatable bonds is 4. The fourth-order valence-corrected chi connectivity index (χ4v) is 3.06. The van der Waals surface area contributed by atoms with E-state index in [1.54, 1.807) is 24.5 Å². The highest BCUT2D eigenvalue weighted by Gasteiger charge is 2.31. The number of imidazole rings is 1. The van der Waals surface area contributed by atoms with Gasteiger partial charge >= 0.3 is 0 Å². The summed E-state index contributed by atoms with van der Waals surface area (Å²) in [5.41, 5.74) is 1.89. The number of amides is 1. The Morgan fingerprint density at radius 3 is 2.71 bits per heavy atom. The summed E-state index contributed by atoms with van der Waals surface area (Å²) in [6.07, 6.45) is 5.26. The molecule has 1 amide bonds. The number of carbonyl (C=O) groups is 1. The van der Waals surface area contributed by atoms with Crippen LogP contribution < -0.4 is 0 Å². The number of carbonyl (C=O) groups excluding carboxylic acids is 1. The molecular formula is C18H25N5O. The first-order chi connectivity index (χ1) is 11.5. The van der Waals surface area contributed by atoms with Crippen LogP contribution in [0.5, 0.6) is 0 Å². The molecule has 0 unspecified atom stereocenters. The highest BCUT2D eigenvalue weighted by atomic mass is 16.2. The summed E-state index contributed by atoms with van der Waals surface area (Å²) in [4.78, 5) is 25.5. The molecule has 0 fully saturated rings. The van der Waals surface area contributed by atoms with Crippen molar-refractivity contribution in [1.29, 1.82) is 0 Å². The molecular weight excluding hydrogens is 302 g/mol. The second-order valence-corrected chi connectivity index (χ2v) is 6.68. The first kappa shape index (κ1) is 16.6. The molecule has 3 heterocycles. The molecule has 0 N–H and O–H groups in total. The number of hydrogen-bond donors (Lipinski definition) is 0. The van der Waals surface area contributed by atoms with Crippen molar-refractivity contribution < 1.29 is 4.79 Å². The van der Waals surface area contributed by atoms with Crippen LogP contribution in [0.25, 0.3) is 0 Å². The molecule has 2 aromatic heterocycles. The Hall–Kier alpha value is -2.21. The van der Waals surface area contributed by atoms with Gasteiger partial charge < -0.3 is 9.47 Å². The van der Waals surface area contributed by atoms with Gasteiger partial charge in [-0.2, -0.15) is 0 Å². The number of pyridine rings is 1. The Morgan fingerprint density at radius 2 is 2.04 bits per heavy atom. The summed E-state index contributed by atoms with van der Waals surface area (Å²) >= 11 is 0. The largest absolute Gasteiger partial charge is 0.327 e. The molecule has 1 aliphatic rings. The Morgan fingerprint density at radius 1 is 1.33 bits per heavy atom. The average molecular weight is 327 g/mol. The van der Waals surface area contributed by atoms with Crippen LogP contribution in [0.2, 0.25) is 0 Å². The Bertz CT molecular complexity index is 709. The van der Waals surface area contributed by atoms with E-state index >= 15 is 0 Å². The van der Waals surface area contributed by atoms with Gasteiger partial charge in [-0.15, -0.1) is 0 Å². The molecule has 2 aromatic rings. The van der Waals surface area contributed by atoms with Crippen molar-refractivity contribution in [3.05, 3.63) is 47.8 Å². The SMILES string of the molecule is CC(C)N(C)Cc1cnc2n1CCN(C(=O)c1ccncc1)[C@H]2C. The zero-order chi connectivity index (χ0) is 17.3. The van der Waals surface area contributed by atoms with E-state index in [4.69, 9.17) is 0 Å². The van der Waals surface area contributed by atoms with Gasteiger partial charge in [-0.3, -0.25) is 14.7 Å². The number of hydrogen-bond acceptors (Lipinski definition) is 4. The number of nitrogens with zero attached hydrogens (tertiary/aromatic N) is 5. The first-order valence-corrected chi connectivity index (χ1v) is 8.44. The second kappa shape index (κ2) is 6.73. The van der Waals surface area contributed by atoms with Gasteiger partial charge in [0, 0.05) is 49.8 Å². The van der Waals surface area contributed by atoms with Crippen molar-refractivity contribution in [2.75, 3.05) is 13.6 Å². The summed E-state index contributed by atoms with van der Waals surface area (Å²) in [6.45, 7) is 8.78. The highest BCUT2D eigenvalue weighted by molar-refractivity contribution is 5.94. The standard InChI is InChI=1S/C18H25N5O/c1-13(2)21(4)12-16-11-20-17-14(3)22(9-10-23(16)17)18(24)15-5-7-19-8-6-15/h5-8,11,13-14H,9-10,12H2,1-4H3/t14-/m0/s1. The van der Waals surface area contributed by atoms with E-state index in [9.17, 15) is 4.79 Å². The predicted molar refractivity (Wildman–Crippen MR) is 92.5 cm³/mol. The minimum absolute atomic E-state index is 0.0301. The van der Waals surface area contributed by atoms with E-state index in [1.807, 2.05) is 18.0 Å². The highest BCUT2D eigenvalue weighted by Crippen LogP contribution is 2.27. The third kappa shape index (κ3) is 3.06. The molecule has 3 rings (SSSR count). The second-order valence-electron chi connectivity index (χ2n) is 6.68. The fraction of sp³-hybridized carbons (Fsp3) is 0.500. The fourth-order valence-electron chi connectivity index (χ4n) is 3.06. The molecule has 1 atom stereocenters. The van der Waals surface area contributed by atoms with E-state index in [0.29, 0.717) is 18.2 Å². The normalized spacial score (nSPS) is 17.4. The molecule has 0 saturated heterocycles. The van der Waals surface area contributed by atoms with Gasteiger partial charge in [-0.1, -0.05) is 0 Å². The van der Waals surface area contributed by atoms with Crippen LogP contribution in [0.4, 0.5) is 0 Å². The van der Waals surface area contributed by atoms with Crippen molar-refractivity contribution in [3.8, 4) is 0 Å². The van der Waals surface area contributed by atoms with Crippen LogP contribution in [0.1, 0.15) is 48.7 Å². The average Bonchev–Trinajstić information content (AvgIpc) is 2.99. The van der Waals surface area contributed by atoms with Crippen molar-refractivity contribution >= 4 is 5.91 Å². The van der Waals surface area contributed by atoms with Crippen molar-refractivity contribution in [2.24, 2.45) is 0 Å².